The van der Waals surface area contributed by atoms with E-state index in [2.05, 4.69) is 10.1 Å². The molecule has 0 amide bonds. The van der Waals surface area contributed by atoms with Crippen LogP contribution in [0.5, 0.6) is 5.75 Å². The third-order valence-corrected chi connectivity index (χ3v) is 1.54. The Labute approximate surface area is 93.4 Å². The standard InChI is InChI=1S/C9H10F3NO.C2H6/c1-13-6-7-2-4-8(5-3-7)14-9(10,11)12;1-2/h2-5,13H,6H2,1H3;1-2H3. The van der Waals surface area contributed by atoms with E-state index in [1.54, 1.807) is 19.2 Å². The summed E-state index contributed by atoms with van der Waals surface area (Å²) in [7, 11) is 1.76. The van der Waals surface area contributed by atoms with Gasteiger partial charge in [0.2, 0.25) is 0 Å². The number of nitrogens with one attached hydrogen (secondary N) is 1. The molecule has 16 heavy (non-hydrogen) atoms. The monoisotopic (exact) mass is 235 g/mol. The first-order valence-electron chi connectivity index (χ1n) is 5.00. The summed E-state index contributed by atoms with van der Waals surface area (Å²) in [6, 6.07) is 5.75. The Kier molecular flexibility index (Phi) is 6.56. The number of alkyl halides is 3. The van der Waals surface area contributed by atoms with E-state index in [0.29, 0.717) is 6.54 Å². The van der Waals surface area contributed by atoms with E-state index < -0.39 is 6.36 Å². The van der Waals surface area contributed by atoms with Gasteiger partial charge in [0.1, 0.15) is 5.75 Å². The molecule has 0 atom stereocenters. The van der Waals surface area contributed by atoms with Crippen molar-refractivity contribution >= 4 is 0 Å². The number of ether oxygens (including phenoxy) is 1. The molecule has 2 nitrogen and oxygen atoms in total. The molecule has 0 bridgehead atoms. The average Bonchev–Trinajstić information content (AvgIpc) is 2.22. The lowest BCUT2D eigenvalue weighted by Gasteiger charge is -2.08. The Morgan fingerprint density at radius 1 is 1.12 bits per heavy atom. The Bertz CT molecular complexity index is 282. The highest BCUT2D eigenvalue weighted by atomic mass is 19.4. The molecule has 5 heteroatoms. The van der Waals surface area contributed by atoms with Crippen LogP contribution in [0.1, 0.15) is 19.4 Å². The fourth-order valence-corrected chi connectivity index (χ4v) is 1.01. The highest BCUT2D eigenvalue weighted by molar-refractivity contribution is 5.27. The van der Waals surface area contributed by atoms with Crippen LogP contribution < -0.4 is 10.1 Å². The number of rotatable bonds is 3. The fraction of sp³-hybridized carbons (Fsp3) is 0.455. The van der Waals surface area contributed by atoms with Crippen LogP contribution in [0, 0.1) is 0 Å². The van der Waals surface area contributed by atoms with Crippen LogP contribution in [-0.4, -0.2) is 13.4 Å². The molecule has 0 spiro atoms. The maximum Gasteiger partial charge on any atom is 0.573 e. The second-order valence-electron chi connectivity index (χ2n) is 2.72. The van der Waals surface area contributed by atoms with Gasteiger partial charge in [-0.1, -0.05) is 26.0 Å². The van der Waals surface area contributed by atoms with E-state index in [1.165, 1.54) is 12.1 Å². The lowest BCUT2D eigenvalue weighted by molar-refractivity contribution is -0.274. The molecule has 0 saturated heterocycles. The number of hydrogen-bond donors (Lipinski definition) is 1. The van der Waals surface area contributed by atoms with E-state index in [-0.39, 0.29) is 5.75 Å². The minimum atomic E-state index is -4.62. The summed E-state index contributed by atoms with van der Waals surface area (Å²) >= 11 is 0. The molecule has 92 valence electrons. The van der Waals surface area contributed by atoms with Crippen LogP contribution in [0.3, 0.4) is 0 Å². The van der Waals surface area contributed by atoms with Gasteiger partial charge < -0.3 is 10.1 Å². The van der Waals surface area contributed by atoms with E-state index in [4.69, 9.17) is 0 Å². The summed E-state index contributed by atoms with van der Waals surface area (Å²) in [5.74, 6) is -0.197. The smallest absolute Gasteiger partial charge is 0.406 e. The first kappa shape index (κ1) is 14.8. The molecule has 0 aliphatic rings. The van der Waals surface area contributed by atoms with Crippen LogP contribution in [0.15, 0.2) is 24.3 Å². The summed E-state index contributed by atoms with van der Waals surface area (Å²) in [4.78, 5) is 0. The summed E-state index contributed by atoms with van der Waals surface area (Å²) in [6.45, 7) is 4.62. The Morgan fingerprint density at radius 2 is 1.62 bits per heavy atom. The zero-order valence-corrected chi connectivity index (χ0v) is 9.56. The van der Waals surface area contributed by atoms with E-state index in [1.807, 2.05) is 13.8 Å². The van der Waals surface area contributed by atoms with E-state index >= 15 is 0 Å². The first-order chi connectivity index (χ1) is 7.51. The normalized spacial score (nSPS) is 10.4. The minimum Gasteiger partial charge on any atom is -0.406 e. The van der Waals surface area contributed by atoms with Gasteiger partial charge in [-0.05, 0) is 24.7 Å². The van der Waals surface area contributed by atoms with Crippen LogP contribution in [0.25, 0.3) is 0 Å². The van der Waals surface area contributed by atoms with Crippen molar-refractivity contribution in [2.24, 2.45) is 0 Å². The van der Waals surface area contributed by atoms with Crippen molar-refractivity contribution in [3.05, 3.63) is 29.8 Å². The van der Waals surface area contributed by atoms with Crippen molar-refractivity contribution in [3.8, 4) is 5.75 Å². The van der Waals surface area contributed by atoms with Gasteiger partial charge in [0.05, 0.1) is 0 Å². The minimum absolute atomic E-state index is 0.197. The highest BCUT2D eigenvalue weighted by Crippen LogP contribution is 2.22. The fourth-order valence-electron chi connectivity index (χ4n) is 1.01. The van der Waals surface area contributed by atoms with Gasteiger partial charge in [-0.15, -0.1) is 13.2 Å². The summed E-state index contributed by atoms with van der Waals surface area (Å²) in [5.41, 5.74) is 0.905. The molecule has 0 heterocycles. The molecule has 0 aliphatic carbocycles. The second-order valence-corrected chi connectivity index (χ2v) is 2.72. The number of halogens is 3. The maximum atomic E-state index is 11.8. The third-order valence-electron chi connectivity index (χ3n) is 1.54. The predicted octanol–water partition coefficient (Wildman–Crippen LogP) is 3.33. The topological polar surface area (TPSA) is 21.3 Å². The Balaban J connectivity index is 0.00000106. The van der Waals surface area contributed by atoms with Crippen molar-refractivity contribution in [2.45, 2.75) is 26.8 Å². The molecular formula is C11H16F3NO. The molecule has 0 aliphatic heterocycles. The molecule has 1 aromatic carbocycles. The van der Waals surface area contributed by atoms with Crippen molar-refractivity contribution < 1.29 is 17.9 Å². The molecular weight excluding hydrogens is 219 g/mol. The Morgan fingerprint density at radius 3 is 2.00 bits per heavy atom. The van der Waals surface area contributed by atoms with Crippen molar-refractivity contribution in [2.75, 3.05) is 7.05 Å². The zero-order chi connectivity index (χ0) is 12.6. The SMILES string of the molecule is CC.CNCc1ccc(OC(F)(F)F)cc1. The molecule has 0 saturated carbocycles. The summed E-state index contributed by atoms with van der Waals surface area (Å²) in [5, 5.41) is 2.89. The van der Waals surface area contributed by atoms with Crippen molar-refractivity contribution in [3.63, 3.8) is 0 Å². The largest absolute Gasteiger partial charge is 0.573 e. The summed E-state index contributed by atoms with van der Waals surface area (Å²) in [6.07, 6.45) is -4.62. The maximum absolute atomic E-state index is 11.8. The molecule has 0 unspecified atom stereocenters. The second kappa shape index (κ2) is 7.11. The average molecular weight is 235 g/mol. The predicted molar refractivity (Wildman–Crippen MR) is 57.2 cm³/mol. The highest BCUT2D eigenvalue weighted by Gasteiger charge is 2.30. The van der Waals surface area contributed by atoms with Gasteiger partial charge in [-0.3, -0.25) is 0 Å². The van der Waals surface area contributed by atoms with E-state index in [0.717, 1.165) is 5.56 Å². The zero-order valence-electron chi connectivity index (χ0n) is 9.56. The van der Waals surface area contributed by atoms with Gasteiger partial charge in [-0.2, -0.15) is 0 Å². The van der Waals surface area contributed by atoms with Crippen LogP contribution in [0.4, 0.5) is 13.2 Å². The molecule has 1 rings (SSSR count). The van der Waals surface area contributed by atoms with Crippen molar-refractivity contribution in [1.82, 2.24) is 5.32 Å². The van der Waals surface area contributed by atoms with Gasteiger partial charge in [0, 0.05) is 6.54 Å². The van der Waals surface area contributed by atoms with Gasteiger partial charge >= 0.3 is 6.36 Å². The lowest BCUT2D eigenvalue weighted by Crippen LogP contribution is -2.17. The van der Waals surface area contributed by atoms with Crippen molar-refractivity contribution in [1.29, 1.82) is 0 Å². The number of benzene rings is 1. The molecule has 1 aromatic rings. The first-order valence-corrected chi connectivity index (χ1v) is 5.00. The van der Waals surface area contributed by atoms with Gasteiger partial charge in [0.15, 0.2) is 0 Å². The van der Waals surface area contributed by atoms with Gasteiger partial charge in [0.25, 0.3) is 0 Å². The summed E-state index contributed by atoms with van der Waals surface area (Å²) < 4.78 is 39.0. The molecule has 1 N–H and O–H groups in total. The number of hydrogen-bond acceptors (Lipinski definition) is 2. The van der Waals surface area contributed by atoms with Gasteiger partial charge in [-0.25, -0.2) is 0 Å². The van der Waals surface area contributed by atoms with Crippen LogP contribution >= 0.6 is 0 Å². The third kappa shape index (κ3) is 6.29. The van der Waals surface area contributed by atoms with E-state index in [9.17, 15) is 13.2 Å². The lowest BCUT2D eigenvalue weighted by atomic mass is 10.2. The molecule has 0 radical (unpaired) electrons. The quantitative estimate of drug-likeness (QED) is 0.867. The van der Waals surface area contributed by atoms with Crippen LogP contribution in [0.2, 0.25) is 0 Å². The van der Waals surface area contributed by atoms with Crippen LogP contribution in [-0.2, 0) is 6.54 Å². The molecule has 0 aromatic heterocycles. The molecule has 0 fully saturated rings. The Hall–Kier alpha value is -1.23.